The van der Waals surface area contributed by atoms with Crippen molar-refractivity contribution in [1.29, 1.82) is 0 Å². The normalized spacial score (nSPS) is 17.0. The molecule has 36 heavy (non-hydrogen) atoms. The van der Waals surface area contributed by atoms with Crippen molar-refractivity contribution < 1.29 is 19.0 Å². The Labute approximate surface area is 208 Å². The molecule has 0 amide bonds. The molecule has 0 saturated heterocycles. The Kier molecular flexibility index (Phi) is 6.40. The minimum Gasteiger partial charge on any atom is -0.421 e. The molecule has 10 heteroatoms. The van der Waals surface area contributed by atoms with E-state index in [0.717, 1.165) is 22.4 Å². The summed E-state index contributed by atoms with van der Waals surface area (Å²) in [5.41, 5.74) is 3.77. The van der Waals surface area contributed by atoms with Crippen molar-refractivity contribution in [3.8, 4) is 11.5 Å². The third-order valence-corrected chi connectivity index (χ3v) is 6.07. The van der Waals surface area contributed by atoms with Gasteiger partial charge in [-0.15, -0.1) is 10.2 Å². The summed E-state index contributed by atoms with van der Waals surface area (Å²) in [7, 11) is 1.63. The number of aliphatic hydroxyl groups excluding tert-OH is 1. The SMILES string of the molecule is COC1OC(C)(C)c2cc(Nc3ncc(-c4nnc(C)o4)c(N[C@H](CO)c4ccccc4)n3)ccc21. The average Bonchev–Trinajstić information content (AvgIpc) is 3.43. The van der Waals surface area contributed by atoms with Crippen LogP contribution in [0.4, 0.5) is 17.5 Å². The molecule has 0 fully saturated rings. The maximum Gasteiger partial charge on any atom is 0.253 e. The van der Waals surface area contributed by atoms with Crippen molar-refractivity contribution >= 4 is 17.5 Å². The molecule has 2 atom stereocenters. The Morgan fingerprint density at radius 3 is 2.64 bits per heavy atom. The van der Waals surface area contributed by atoms with E-state index in [0.29, 0.717) is 23.2 Å². The summed E-state index contributed by atoms with van der Waals surface area (Å²) < 4.78 is 17.1. The zero-order chi connectivity index (χ0) is 25.3. The van der Waals surface area contributed by atoms with E-state index in [9.17, 15) is 5.11 Å². The lowest BCUT2D eigenvalue weighted by atomic mass is 9.95. The molecule has 0 spiro atoms. The quantitative estimate of drug-likeness (QED) is 0.323. The zero-order valence-corrected chi connectivity index (χ0v) is 20.5. The number of aliphatic hydroxyl groups is 1. The summed E-state index contributed by atoms with van der Waals surface area (Å²) in [5.74, 6) is 1.52. The van der Waals surface area contributed by atoms with Gasteiger partial charge in [-0.1, -0.05) is 36.4 Å². The lowest BCUT2D eigenvalue weighted by Gasteiger charge is -2.20. The highest BCUT2D eigenvalue weighted by molar-refractivity contribution is 5.70. The smallest absolute Gasteiger partial charge is 0.253 e. The van der Waals surface area contributed by atoms with Crippen LogP contribution in [0.25, 0.3) is 11.5 Å². The third kappa shape index (κ3) is 4.66. The first-order valence-electron chi connectivity index (χ1n) is 11.6. The summed E-state index contributed by atoms with van der Waals surface area (Å²) in [4.78, 5) is 9.18. The van der Waals surface area contributed by atoms with Crippen LogP contribution in [-0.4, -0.2) is 39.0 Å². The minimum absolute atomic E-state index is 0.139. The van der Waals surface area contributed by atoms with Crippen molar-refractivity contribution in [3.05, 3.63) is 77.3 Å². The number of hydrogen-bond acceptors (Lipinski definition) is 10. The maximum atomic E-state index is 10.1. The molecular formula is C26H28N6O4. The lowest BCUT2D eigenvalue weighted by molar-refractivity contribution is -0.175. The molecule has 2 aromatic heterocycles. The van der Waals surface area contributed by atoms with Gasteiger partial charge in [-0.3, -0.25) is 0 Å². The number of aromatic nitrogens is 4. The number of nitrogens with zero attached hydrogens (tertiary/aromatic N) is 4. The first-order valence-corrected chi connectivity index (χ1v) is 11.6. The van der Waals surface area contributed by atoms with Crippen LogP contribution in [0.2, 0.25) is 0 Å². The van der Waals surface area contributed by atoms with Gasteiger partial charge in [-0.2, -0.15) is 4.98 Å². The van der Waals surface area contributed by atoms with Gasteiger partial charge in [-0.25, -0.2) is 4.98 Å². The fourth-order valence-corrected chi connectivity index (χ4v) is 4.26. The van der Waals surface area contributed by atoms with Crippen LogP contribution in [0.5, 0.6) is 0 Å². The fraction of sp³-hybridized carbons (Fsp3) is 0.308. The van der Waals surface area contributed by atoms with Crippen molar-refractivity contribution in [1.82, 2.24) is 20.2 Å². The van der Waals surface area contributed by atoms with E-state index in [1.54, 1.807) is 20.2 Å². The van der Waals surface area contributed by atoms with Gasteiger partial charge in [0.2, 0.25) is 11.8 Å². The molecule has 10 nitrogen and oxygen atoms in total. The van der Waals surface area contributed by atoms with Crippen LogP contribution in [0.3, 0.4) is 0 Å². The monoisotopic (exact) mass is 488 g/mol. The molecule has 5 rings (SSSR count). The number of nitrogens with one attached hydrogen (secondary N) is 2. The summed E-state index contributed by atoms with van der Waals surface area (Å²) in [5, 5.41) is 24.7. The van der Waals surface area contributed by atoms with Crippen molar-refractivity contribution in [2.24, 2.45) is 0 Å². The number of aryl methyl sites for hydroxylation is 1. The van der Waals surface area contributed by atoms with E-state index < -0.39 is 17.9 Å². The van der Waals surface area contributed by atoms with E-state index in [2.05, 4.69) is 25.8 Å². The molecule has 0 radical (unpaired) electrons. The molecule has 1 aliphatic heterocycles. The second kappa shape index (κ2) is 9.65. The Morgan fingerprint density at radius 2 is 1.94 bits per heavy atom. The van der Waals surface area contributed by atoms with Crippen LogP contribution < -0.4 is 10.6 Å². The molecule has 0 bridgehead atoms. The largest absolute Gasteiger partial charge is 0.421 e. The lowest BCUT2D eigenvalue weighted by Crippen LogP contribution is -2.17. The number of hydrogen-bond donors (Lipinski definition) is 3. The van der Waals surface area contributed by atoms with E-state index >= 15 is 0 Å². The molecule has 1 unspecified atom stereocenters. The van der Waals surface area contributed by atoms with Gasteiger partial charge in [0.1, 0.15) is 5.82 Å². The molecule has 2 aromatic carbocycles. The number of benzene rings is 2. The first-order chi connectivity index (χ1) is 17.4. The molecule has 186 valence electrons. The molecule has 0 aliphatic carbocycles. The van der Waals surface area contributed by atoms with E-state index in [1.807, 2.05) is 62.4 Å². The summed E-state index contributed by atoms with van der Waals surface area (Å²) in [6.45, 7) is 5.59. The van der Waals surface area contributed by atoms with Gasteiger partial charge in [-0.05, 0) is 37.1 Å². The predicted octanol–water partition coefficient (Wildman–Crippen LogP) is 4.63. The molecule has 3 N–H and O–H groups in total. The van der Waals surface area contributed by atoms with Crippen molar-refractivity contribution in [2.75, 3.05) is 24.4 Å². The first kappa shape index (κ1) is 23.9. The number of fused-ring (bicyclic) bond motifs is 1. The Bertz CT molecular complexity index is 1360. The minimum atomic E-state index is -0.495. The van der Waals surface area contributed by atoms with E-state index in [-0.39, 0.29) is 12.5 Å². The van der Waals surface area contributed by atoms with Crippen LogP contribution in [0, 0.1) is 6.92 Å². The summed E-state index contributed by atoms with van der Waals surface area (Å²) in [6.07, 6.45) is 1.22. The van der Waals surface area contributed by atoms with Gasteiger partial charge >= 0.3 is 0 Å². The third-order valence-electron chi connectivity index (χ3n) is 6.07. The Hall–Kier alpha value is -3.86. The van der Waals surface area contributed by atoms with Crippen LogP contribution in [0.1, 0.15) is 48.8 Å². The summed E-state index contributed by atoms with van der Waals surface area (Å²) in [6, 6.07) is 15.2. The molecule has 3 heterocycles. The van der Waals surface area contributed by atoms with Gasteiger partial charge < -0.3 is 29.6 Å². The van der Waals surface area contributed by atoms with E-state index in [4.69, 9.17) is 18.9 Å². The van der Waals surface area contributed by atoms with Gasteiger partial charge in [0.25, 0.3) is 5.89 Å². The average molecular weight is 489 g/mol. The fourth-order valence-electron chi connectivity index (χ4n) is 4.26. The second-order valence-corrected chi connectivity index (χ2v) is 9.00. The predicted molar refractivity (Wildman–Crippen MR) is 134 cm³/mol. The van der Waals surface area contributed by atoms with Gasteiger partial charge in [0, 0.05) is 31.5 Å². The zero-order valence-electron chi connectivity index (χ0n) is 20.5. The topological polar surface area (TPSA) is 127 Å². The number of rotatable bonds is 8. The van der Waals surface area contributed by atoms with Crippen molar-refractivity contribution in [2.45, 2.75) is 38.7 Å². The maximum absolute atomic E-state index is 10.1. The van der Waals surface area contributed by atoms with Crippen LogP contribution >= 0.6 is 0 Å². The van der Waals surface area contributed by atoms with Gasteiger partial charge in [0.05, 0.1) is 23.8 Å². The van der Waals surface area contributed by atoms with Crippen molar-refractivity contribution in [3.63, 3.8) is 0 Å². The Balaban J connectivity index is 1.49. The molecule has 1 aliphatic rings. The van der Waals surface area contributed by atoms with Crippen LogP contribution in [-0.2, 0) is 15.1 Å². The van der Waals surface area contributed by atoms with Crippen LogP contribution in [0.15, 0.2) is 59.1 Å². The van der Waals surface area contributed by atoms with Gasteiger partial charge in [0.15, 0.2) is 6.29 Å². The number of methoxy groups -OCH3 is 1. The summed E-state index contributed by atoms with van der Waals surface area (Å²) >= 11 is 0. The highest BCUT2D eigenvalue weighted by atomic mass is 16.7. The second-order valence-electron chi connectivity index (χ2n) is 9.00. The Morgan fingerprint density at radius 1 is 1.14 bits per heavy atom. The number of ether oxygens (including phenoxy) is 2. The standard InChI is InChI=1S/C26H28N6O4/c1-15-31-32-23(35-15)19-13-27-25(30-22(19)29-21(14-33)16-8-6-5-7-9-16)28-17-10-11-18-20(12-17)26(2,3)36-24(18)34-4/h5-13,21,24,33H,14H2,1-4H3,(H2,27,28,29,30)/t21-,24?/m1/s1. The molecular weight excluding hydrogens is 460 g/mol. The van der Waals surface area contributed by atoms with E-state index in [1.165, 1.54) is 0 Å². The number of anilines is 3. The molecule has 0 saturated carbocycles. The molecule has 4 aromatic rings. The highest BCUT2D eigenvalue weighted by Gasteiger charge is 2.38. The highest BCUT2D eigenvalue weighted by Crippen LogP contribution is 2.44.